The molecule has 1 atom stereocenters. The SMILES string of the molecule is O=C(NCC[C@@H](O)c1cc2ccccc2o1)Nc1ccc2c(c1)OCO2. The van der Waals surface area contributed by atoms with Gasteiger partial charge in [0.15, 0.2) is 11.5 Å². The second-order valence-electron chi connectivity index (χ2n) is 5.94. The third-order valence-corrected chi connectivity index (χ3v) is 4.11. The Labute approximate surface area is 149 Å². The van der Waals surface area contributed by atoms with E-state index in [4.69, 9.17) is 13.9 Å². The lowest BCUT2D eigenvalue weighted by molar-refractivity contribution is 0.143. The molecule has 0 radical (unpaired) electrons. The van der Waals surface area contributed by atoms with Crippen molar-refractivity contribution in [1.29, 1.82) is 0 Å². The summed E-state index contributed by atoms with van der Waals surface area (Å²) in [5, 5.41) is 16.6. The first-order valence-corrected chi connectivity index (χ1v) is 8.30. The van der Waals surface area contributed by atoms with Crippen LogP contribution in [0.5, 0.6) is 11.5 Å². The van der Waals surface area contributed by atoms with E-state index in [1.165, 1.54) is 0 Å². The Kier molecular flexibility index (Phi) is 4.37. The van der Waals surface area contributed by atoms with Crippen molar-refractivity contribution in [2.24, 2.45) is 0 Å². The molecule has 1 aromatic heterocycles. The van der Waals surface area contributed by atoms with E-state index in [0.717, 1.165) is 11.0 Å². The average molecular weight is 354 g/mol. The number of urea groups is 1. The van der Waals surface area contributed by atoms with Crippen LogP contribution in [-0.2, 0) is 0 Å². The van der Waals surface area contributed by atoms with Crippen LogP contribution < -0.4 is 20.1 Å². The molecule has 0 saturated heterocycles. The van der Waals surface area contributed by atoms with E-state index >= 15 is 0 Å². The number of rotatable bonds is 5. The number of aliphatic hydroxyl groups excluding tert-OH is 1. The van der Waals surface area contributed by atoms with Crippen LogP contribution in [0.2, 0.25) is 0 Å². The van der Waals surface area contributed by atoms with Crippen LogP contribution >= 0.6 is 0 Å². The quantitative estimate of drug-likeness (QED) is 0.653. The fourth-order valence-corrected chi connectivity index (χ4v) is 2.78. The molecule has 0 spiro atoms. The van der Waals surface area contributed by atoms with Crippen LogP contribution in [0.1, 0.15) is 18.3 Å². The number of anilines is 1. The number of amides is 2. The zero-order valence-corrected chi connectivity index (χ0v) is 13.9. The number of hydrogen-bond acceptors (Lipinski definition) is 5. The molecule has 26 heavy (non-hydrogen) atoms. The number of aliphatic hydroxyl groups is 1. The van der Waals surface area contributed by atoms with Gasteiger partial charge in [-0.25, -0.2) is 4.79 Å². The van der Waals surface area contributed by atoms with Gasteiger partial charge in [0.05, 0.1) is 0 Å². The Hall–Kier alpha value is -3.19. The minimum absolute atomic E-state index is 0.185. The summed E-state index contributed by atoms with van der Waals surface area (Å²) in [6, 6.07) is 14.2. The Bertz CT molecular complexity index is 904. The van der Waals surface area contributed by atoms with Crippen LogP contribution in [0, 0.1) is 0 Å². The van der Waals surface area contributed by atoms with Crippen LogP contribution in [0.3, 0.4) is 0 Å². The molecule has 3 aromatic rings. The monoisotopic (exact) mass is 354 g/mol. The molecule has 2 amide bonds. The lowest BCUT2D eigenvalue weighted by atomic mass is 10.2. The predicted molar refractivity (Wildman–Crippen MR) is 95.4 cm³/mol. The topological polar surface area (TPSA) is 93.0 Å². The van der Waals surface area contributed by atoms with Crippen LogP contribution in [-0.4, -0.2) is 24.5 Å². The molecular formula is C19H18N2O5. The summed E-state index contributed by atoms with van der Waals surface area (Å²) >= 11 is 0. The van der Waals surface area contributed by atoms with Crippen molar-refractivity contribution < 1.29 is 23.8 Å². The number of carbonyl (C=O) groups is 1. The summed E-state index contributed by atoms with van der Waals surface area (Å²) in [6.45, 7) is 0.485. The van der Waals surface area contributed by atoms with Crippen molar-refractivity contribution in [3.63, 3.8) is 0 Å². The van der Waals surface area contributed by atoms with Gasteiger partial charge in [0.2, 0.25) is 6.79 Å². The van der Waals surface area contributed by atoms with E-state index in [1.54, 1.807) is 18.2 Å². The molecule has 4 rings (SSSR count). The lowest BCUT2D eigenvalue weighted by Crippen LogP contribution is -2.30. The molecule has 134 valence electrons. The zero-order valence-electron chi connectivity index (χ0n) is 13.9. The standard InChI is InChI=1S/C19H18N2O5/c22-14(17-9-12-3-1-2-4-15(12)26-17)7-8-20-19(23)21-13-5-6-16-18(10-13)25-11-24-16/h1-6,9-10,14,22H,7-8,11H2,(H2,20,21,23)/t14-/m1/s1. The van der Waals surface area contributed by atoms with Gasteiger partial charge in [0.25, 0.3) is 0 Å². The van der Waals surface area contributed by atoms with E-state index in [-0.39, 0.29) is 12.8 Å². The van der Waals surface area contributed by atoms with Gasteiger partial charge in [-0.3, -0.25) is 0 Å². The fourth-order valence-electron chi connectivity index (χ4n) is 2.78. The van der Waals surface area contributed by atoms with Gasteiger partial charge in [0, 0.05) is 23.7 Å². The second kappa shape index (κ2) is 6.97. The van der Waals surface area contributed by atoms with Gasteiger partial charge in [-0.15, -0.1) is 0 Å². The number of ether oxygens (including phenoxy) is 2. The first kappa shape index (κ1) is 16.3. The number of fused-ring (bicyclic) bond motifs is 2. The van der Waals surface area contributed by atoms with Crippen molar-refractivity contribution in [1.82, 2.24) is 5.32 Å². The van der Waals surface area contributed by atoms with Crippen molar-refractivity contribution in [3.8, 4) is 11.5 Å². The molecular weight excluding hydrogens is 336 g/mol. The Morgan fingerprint density at radius 1 is 1.12 bits per heavy atom. The molecule has 1 aliphatic rings. The smallest absolute Gasteiger partial charge is 0.319 e. The van der Waals surface area contributed by atoms with E-state index in [2.05, 4.69) is 10.6 Å². The number of furan rings is 1. The lowest BCUT2D eigenvalue weighted by Gasteiger charge is -2.10. The summed E-state index contributed by atoms with van der Waals surface area (Å²) in [5.74, 6) is 1.75. The summed E-state index contributed by atoms with van der Waals surface area (Å²) in [6.07, 6.45) is -0.442. The average Bonchev–Trinajstić information content (AvgIpc) is 3.27. The summed E-state index contributed by atoms with van der Waals surface area (Å²) in [5.41, 5.74) is 1.33. The summed E-state index contributed by atoms with van der Waals surface area (Å²) < 4.78 is 16.1. The molecule has 0 saturated carbocycles. The van der Waals surface area contributed by atoms with Crippen molar-refractivity contribution >= 4 is 22.7 Å². The van der Waals surface area contributed by atoms with Gasteiger partial charge >= 0.3 is 6.03 Å². The minimum Gasteiger partial charge on any atom is -0.458 e. The molecule has 7 heteroatoms. The molecule has 1 aliphatic heterocycles. The maximum absolute atomic E-state index is 12.0. The van der Waals surface area contributed by atoms with Crippen molar-refractivity contribution in [2.45, 2.75) is 12.5 Å². The predicted octanol–water partition coefficient (Wildman–Crippen LogP) is 3.41. The Morgan fingerprint density at radius 3 is 2.85 bits per heavy atom. The fraction of sp³-hybridized carbons (Fsp3) is 0.211. The van der Waals surface area contributed by atoms with Crippen LogP contribution in [0.15, 0.2) is 52.9 Å². The van der Waals surface area contributed by atoms with Crippen molar-refractivity contribution in [2.75, 3.05) is 18.7 Å². The Balaban J connectivity index is 1.28. The maximum atomic E-state index is 12.0. The third kappa shape index (κ3) is 3.43. The minimum atomic E-state index is -0.784. The number of para-hydroxylation sites is 1. The molecule has 7 nitrogen and oxygen atoms in total. The second-order valence-corrected chi connectivity index (χ2v) is 5.94. The van der Waals surface area contributed by atoms with Gasteiger partial charge in [-0.2, -0.15) is 0 Å². The van der Waals surface area contributed by atoms with E-state index in [1.807, 2.05) is 30.3 Å². The number of hydrogen-bond donors (Lipinski definition) is 3. The molecule has 0 bridgehead atoms. The first-order chi connectivity index (χ1) is 12.7. The molecule has 0 aliphatic carbocycles. The summed E-state index contributed by atoms with van der Waals surface area (Å²) in [7, 11) is 0. The van der Waals surface area contributed by atoms with Gasteiger partial charge in [-0.05, 0) is 30.7 Å². The van der Waals surface area contributed by atoms with Crippen LogP contribution in [0.4, 0.5) is 10.5 Å². The van der Waals surface area contributed by atoms with Crippen molar-refractivity contribution in [3.05, 3.63) is 54.3 Å². The van der Waals surface area contributed by atoms with E-state index in [9.17, 15) is 9.90 Å². The maximum Gasteiger partial charge on any atom is 0.319 e. The number of benzene rings is 2. The van der Waals surface area contributed by atoms with Crippen LogP contribution in [0.25, 0.3) is 11.0 Å². The largest absolute Gasteiger partial charge is 0.458 e. The van der Waals surface area contributed by atoms with Gasteiger partial charge in [-0.1, -0.05) is 18.2 Å². The highest BCUT2D eigenvalue weighted by Gasteiger charge is 2.15. The molecule has 2 heterocycles. The van der Waals surface area contributed by atoms with E-state index in [0.29, 0.717) is 35.9 Å². The third-order valence-electron chi connectivity index (χ3n) is 4.11. The Morgan fingerprint density at radius 2 is 1.96 bits per heavy atom. The first-order valence-electron chi connectivity index (χ1n) is 8.30. The van der Waals surface area contributed by atoms with Gasteiger partial charge < -0.3 is 29.6 Å². The van der Waals surface area contributed by atoms with Gasteiger partial charge in [0.1, 0.15) is 17.4 Å². The highest BCUT2D eigenvalue weighted by molar-refractivity contribution is 5.89. The summed E-state index contributed by atoms with van der Waals surface area (Å²) in [4.78, 5) is 12.0. The number of nitrogens with one attached hydrogen (secondary N) is 2. The normalized spacial score (nSPS) is 13.6. The number of carbonyl (C=O) groups excluding carboxylic acids is 1. The molecule has 2 aromatic carbocycles. The molecule has 0 unspecified atom stereocenters. The van der Waals surface area contributed by atoms with E-state index < -0.39 is 6.10 Å². The zero-order chi connectivity index (χ0) is 17.9. The highest BCUT2D eigenvalue weighted by atomic mass is 16.7. The highest BCUT2D eigenvalue weighted by Crippen LogP contribution is 2.34. The molecule has 3 N–H and O–H groups in total. The molecule has 0 fully saturated rings.